The van der Waals surface area contributed by atoms with Crippen molar-refractivity contribution in [1.29, 1.82) is 0 Å². The van der Waals surface area contributed by atoms with Gasteiger partial charge in [0, 0.05) is 17.5 Å². The number of nitrogens with zero attached hydrogens (tertiary/aromatic N) is 2. The maximum Gasteiger partial charge on any atom is 0.325 e. The SMILES string of the molecule is CS(=O)(=O)c1cccc(-c2ccc(S(=O)(=O)NC3CCCc4c3cnn4CC(=O)O)cc2)c1. The maximum absolute atomic E-state index is 13.0. The number of hydrogen-bond donors (Lipinski definition) is 2. The van der Waals surface area contributed by atoms with E-state index in [0.717, 1.165) is 11.9 Å². The van der Waals surface area contributed by atoms with Crippen molar-refractivity contribution < 1.29 is 26.7 Å². The lowest BCUT2D eigenvalue weighted by atomic mass is 9.94. The Morgan fingerprint density at radius 2 is 1.82 bits per heavy atom. The van der Waals surface area contributed by atoms with E-state index in [-0.39, 0.29) is 16.3 Å². The van der Waals surface area contributed by atoms with E-state index in [1.807, 2.05) is 0 Å². The number of aliphatic carboxylic acids is 1. The van der Waals surface area contributed by atoms with Gasteiger partial charge in [-0.15, -0.1) is 0 Å². The number of carboxylic acid groups (broad SMARTS) is 1. The lowest BCUT2D eigenvalue weighted by Gasteiger charge is -2.24. The van der Waals surface area contributed by atoms with Crippen LogP contribution in [0.3, 0.4) is 0 Å². The zero-order valence-corrected chi connectivity index (χ0v) is 19.4. The molecule has 1 unspecified atom stereocenters. The molecule has 1 aromatic heterocycles. The molecule has 3 aromatic rings. The fourth-order valence-corrected chi connectivity index (χ4v) is 5.91. The molecule has 11 heteroatoms. The molecule has 0 saturated heterocycles. The molecule has 33 heavy (non-hydrogen) atoms. The third-order valence-corrected chi connectivity index (χ3v) is 8.20. The number of carboxylic acids is 1. The van der Waals surface area contributed by atoms with Crippen molar-refractivity contribution in [2.45, 2.75) is 41.6 Å². The van der Waals surface area contributed by atoms with E-state index in [0.29, 0.717) is 36.0 Å². The number of benzene rings is 2. The maximum atomic E-state index is 13.0. The van der Waals surface area contributed by atoms with Crippen molar-refractivity contribution in [1.82, 2.24) is 14.5 Å². The van der Waals surface area contributed by atoms with Crippen molar-refractivity contribution in [3.05, 3.63) is 66.0 Å². The lowest BCUT2D eigenvalue weighted by molar-refractivity contribution is -0.137. The minimum atomic E-state index is -3.85. The van der Waals surface area contributed by atoms with E-state index in [1.54, 1.807) is 30.3 Å². The molecule has 1 heterocycles. The Bertz CT molecular complexity index is 1410. The molecule has 1 aliphatic carbocycles. The molecule has 1 aliphatic rings. The van der Waals surface area contributed by atoms with Crippen LogP contribution in [0.25, 0.3) is 11.1 Å². The fraction of sp³-hybridized carbons (Fsp3) is 0.273. The number of sulfone groups is 1. The van der Waals surface area contributed by atoms with Crippen LogP contribution in [-0.4, -0.2) is 43.9 Å². The Balaban J connectivity index is 1.56. The van der Waals surface area contributed by atoms with Crippen LogP contribution >= 0.6 is 0 Å². The Kier molecular flexibility index (Phi) is 6.12. The molecule has 9 nitrogen and oxygen atoms in total. The second kappa shape index (κ2) is 8.73. The summed E-state index contributed by atoms with van der Waals surface area (Å²) in [5.41, 5.74) is 2.78. The number of hydrogen-bond acceptors (Lipinski definition) is 6. The van der Waals surface area contributed by atoms with Gasteiger partial charge in [-0.3, -0.25) is 9.48 Å². The van der Waals surface area contributed by atoms with Crippen LogP contribution in [0, 0.1) is 0 Å². The molecule has 2 N–H and O–H groups in total. The first-order chi connectivity index (χ1) is 15.5. The van der Waals surface area contributed by atoms with Gasteiger partial charge in [0.25, 0.3) is 0 Å². The first-order valence-corrected chi connectivity index (χ1v) is 13.6. The fourth-order valence-electron chi connectivity index (χ4n) is 3.99. The molecular weight excluding hydrogens is 466 g/mol. The van der Waals surface area contributed by atoms with Crippen LogP contribution in [-0.2, 0) is 37.6 Å². The van der Waals surface area contributed by atoms with Crippen LogP contribution in [0.5, 0.6) is 0 Å². The highest BCUT2D eigenvalue weighted by Crippen LogP contribution is 2.31. The Morgan fingerprint density at radius 1 is 1.09 bits per heavy atom. The molecular formula is C22H23N3O6S2. The second-order valence-corrected chi connectivity index (χ2v) is 11.7. The van der Waals surface area contributed by atoms with Gasteiger partial charge in [0.1, 0.15) is 6.54 Å². The van der Waals surface area contributed by atoms with Crippen molar-refractivity contribution in [3.8, 4) is 11.1 Å². The van der Waals surface area contributed by atoms with Gasteiger partial charge in [0.15, 0.2) is 9.84 Å². The van der Waals surface area contributed by atoms with Crippen LogP contribution in [0.4, 0.5) is 0 Å². The number of sulfonamides is 1. The summed E-state index contributed by atoms with van der Waals surface area (Å²) in [4.78, 5) is 11.3. The van der Waals surface area contributed by atoms with E-state index >= 15 is 0 Å². The van der Waals surface area contributed by atoms with Crippen LogP contribution in [0.1, 0.15) is 30.1 Å². The van der Waals surface area contributed by atoms with Gasteiger partial charge in [-0.1, -0.05) is 24.3 Å². The average Bonchev–Trinajstić information content (AvgIpc) is 3.16. The summed E-state index contributed by atoms with van der Waals surface area (Å²) in [7, 11) is -7.20. The molecule has 0 bridgehead atoms. The summed E-state index contributed by atoms with van der Waals surface area (Å²) < 4.78 is 53.8. The minimum absolute atomic E-state index is 0.0792. The molecule has 0 spiro atoms. The summed E-state index contributed by atoms with van der Waals surface area (Å²) in [6.45, 7) is -0.267. The predicted octanol–water partition coefficient (Wildman–Crippen LogP) is 2.39. The quantitative estimate of drug-likeness (QED) is 0.520. The third-order valence-electron chi connectivity index (χ3n) is 5.61. The summed E-state index contributed by atoms with van der Waals surface area (Å²) in [6.07, 6.45) is 4.60. The molecule has 0 fully saturated rings. The normalized spacial score (nSPS) is 16.3. The topological polar surface area (TPSA) is 135 Å². The first-order valence-electron chi connectivity index (χ1n) is 10.2. The van der Waals surface area contributed by atoms with Crippen LogP contribution in [0.15, 0.2) is 64.5 Å². The van der Waals surface area contributed by atoms with Gasteiger partial charge in [-0.05, 0) is 54.7 Å². The molecule has 2 aromatic carbocycles. The zero-order valence-electron chi connectivity index (χ0n) is 17.8. The van der Waals surface area contributed by atoms with Crippen molar-refractivity contribution >= 4 is 25.8 Å². The van der Waals surface area contributed by atoms with Gasteiger partial charge in [0.05, 0.1) is 22.0 Å². The predicted molar refractivity (Wildman–Crippen MR) is 121 cm³/mol. The van der Waals surface area contributed by atoms with E-state index in [4.69, 9.17) is 5.11 Å². The van der Waals surface area contributed by atoms with Gasteiger partial charge >= 0.3 is 5.97 Å². The number of aromatic nitrogens is 2. The van der Waals surface area contributed by atoms with Gasteiger partial charge in [-0.2, -0.15) is 5.10 Å². The summed E-state index contributed by atoms with van der Waals surface area (Å²) in [6, 6.07) is 12.2. The number of nitrogens with one attached hydrogen (secondary N) is 1. The largest absolute Gasteiger partial charge is 0.480 e. The highest BCUT2D eigenvalue weighted by atomic mass is 32.2. The zero-order chi connectivity index (χ0) is 23.8. The standard InChI is InChI=1S/C22H23N3O6S2/c1-32(28,29)18-5-2-4-16(12-18)15-8-10-17(11-9-15)33(30,31)24-20-6-3-7-21-19(20)13-23-25(21)14-22(26)27/h2,4-5,8-13,20,24H,3,6-7,14H2,1H3,(H,26,27). The number of fused-ring (bicyclic) bond motifs is 1. The second-order valence-electron chi connectivity index (χ2n) is 7.99. The van der Waals surface area contributed by atoms with Crippen LogP contribution < -0.4 is 4.72 Å². The summed E-state index contributed by atoms with van der Waals surface area (Å²) in [5, 5.41) is 13.2. The molecule has 1 atom stereocenters. The monoisotopic (exact) mass is 489 g/mol. The van der Waals surface area contributed by atoms with Gasteiger partial charge in [0.2, 0.25) is 10.0 Å². The van der Waals surface area contributed by atoms with E-state index in [9.17, 15) is 21.6 Å². The number of rotatable bonds is 7. The van der Waals surface area contributed by atoms with Crippen molar-refractivity contribution in [2.24, 2.45) is 0 Å². The van der Waals surface area contributed by atoms with E-state index < -0.39 is 31.9 Å². The molecule has 4 rings (SSSR count). The minimum Gasteiger partial charge on any atom is -0.480 e. The van der Waals surface area contributed by atoms with Crippen LogP contribution in [0.2, 0.25) is 0 Å². The highest BCUT2D eigenvalue weighted by molar-refractivity contribution is 7.90. The molecule has 0 saturated carbocycles. The molecule has 0 aliphatic heterocycles. The Morgan fingerprint density at radius 3 is 2.48 bits per heavy atom. The smallest absolute Gasteiger partial charge is 0.325 e. The lowest BCUT2D eigenvalue weighted by Crippen LogP contribution is -2.31. The van der Waals surface area contributed by atoms with Gasteiger partial charge in [-0.25, -0.2) is 21.6 Å². The summed E-state index contributed by atoms with van der Waals surface area (Å²) in [5.74, 6) is -1.01. The first kappa shape index (κ1) is 23.1. The third kappa shape index (κ3) is 5.00. The van der Waals surface area contributed by atoms with E-state index in [1.165, 1.54) is 29.1 Å². The average molecular weight is 490 g/mol. The summed E-state index contributed by atoms with van der Waals surface area (Å²) >= 11 is 0. The number of carbonyl (C=O) groups is 1. The molecule has 0 radical (unpaired) electrons. The highest BCUT2D eigenvalue weighted by Gasteiger charge is 2.29. The Hall–Kier alpha value is -3.02. The molecule has 0 amide bonds. The van der Waals surface area contributed by atoms with Crippen molar-refractivity contribution in [3.63, 3.8) is 0 Å². The van der Waals surface area contributed by atoms with Crippen molar-refractivity contribution in [2.75, 3.05) is 6.26 Å². The van der Waals surface area contributed by atoms with Gasteiger partial charge < -0.3 is 5.11 Å². The van der Waals surface area contributed by atoms with E-state index in [2.05, 4.69) is 9.82 Å². The Labute approximate surface area is 192 Å². The molecule has 174 valence electrons.